The van der Waals surface area contributed by atoms with Gasteiger partial charge in [-0.15, -0.1) is 0 Å². The smallest absolute Gasteiger partial charge is 0.0560 e. The maximum absolute atomic E-state index is 3.67. The second-order valence-electron chi connectivity index (χ2n) is 17.1. The fourth-order valence-electron chi connectivity index (χ4n) is 8.07. The molecule has 0 spiro atoms. The zero-order valence-corrected chi connectivity index (χ0v) is 36.0. The number of hydrogen-bond donors (Lipinski definition) is 0. The molecule has 2 atom stereocenters. The molecule has 0 saturated heterocycles. The quantitative estimate of drug-likeness (QED) is 0.183. The number of allylic oxidation sites excluding steroid dienone is 4. The minimum Gasteiger partial charge on any atom is -0.334 e. The Labute approximate surface area is 331 Å². The van der Waals surface area contributed by atoms with Crippen LogP contribution in [0.15, 0.2) is 117 Å². The Bertz CT molecular complexity index is 1970. The summed E-state index contributed by atoms with van der Waals surface area (Å²) in [6.45, 7) is 22.9. The first-order valence-corrected chi connectivity index (χ1v) is 20.5. The van der Waals surface area contributed by atoms with Gasteiger partial charge in [-0.25, -0.2) is 0 Å². The maximum atomic E-state index is 3.67. The molecule has 0 bridgehead atoms. The molecule has 2 aliphatic rings. The first-order valence-electron chi connectivity index (χ1n) is 18.9. The minimum absolute atomic E-state index is 0.108. The van der Waals surface area contributed by atoms with Crippen molar-refractivity contribution in [2.24, 2.45) is 5.92 Å². The Morgan fingerprint density at radius 2 is 1.08 bits per heavy atom. The largest absolute Gasteiger partial charge is 0.334 e. The minimum atomic E-state index is 0.108. The summed E-state index contributed by atoms with van der Waals surface area (Å²) in [6, 6.07) is 27.5. The SMILES string of the molecule is Cc1cc(C(C)(C)C)cc(C)c1N(C1=CCC(C2=CCC(N(c3ccc(Br)cc3)c3c(C)cc(C(C)(C)C)cc3C)C=C2)CC1)c1ccc(Br)cc1. The third kappa shape index (κ3) is 8.24. The highest BCUT2D eigenvalue weighted by Gasteiger charge is 2.29. The van der Waals surface area contributed by atoms with Crippen LogP contribution in [0.4, 0.5) is 22.7 Å². The van der Waals surface area contributed by atoms with E-state index >= 15 is 0 Å². The molecule has 0 amide bonds. The molecule has 0 heterocycles. The molecule has 4 aromatic carbocycles. The number of rotatable bonds is 7. The van der Waals surface area contributed by atoms with Crippen molar-refractivity contribution in [1.29, 1.82) is 0 Å². The van der Waals surface area contributed by atoms with Crippen LogP contribution in [0.5, 0.6) is 0 Å². The molecule has 0 aromatic heterocycles. The molecule has 0 N–H and O–H groups in total. The normalized spacial score (nSPS) is 17.8. The summed E-state index contributed by atoms with van der Waals surface area (Å²) in [4.78, 5) is 5.10. The molecule has 0 radical (unpaired) electrons. The van der Waals surface area contributed by atoms with Crippen molar-refractivity contribution < 1.29 is 0 Å². The lowest BCUT2D eigenvalue weighted by molar-refractivity contribution is 0.538. The van der Waals surface area contributed by atoms with E-state index in [1.807, 2.05) is 0 Å². The Balaban J connectivity index is 1.28. The van der Waals surface area contributed by atoms with Crippen LogP contribution >= 0.6 is 31.9 Å². The number of nitrogens with zero attached hydrogens (tertiary/aromatic N) is 2. The van der Waals surface area contributed by atoms with Crippen LogP contribution in [0, 0.1) is 33.6 Å². The van der Waals surface area contributed by atoms with Crippen molar-refractivity contribution in [1.82, 2.24) is 0 Å². The zero-order valence-electron chi connectivity index (χ0n) is 32.9. The zero-order chi connectivity index (χ0) is 37.5. The summed E-state index contributed by atoms with van der Waals surface area (Å²) < 4.78 is 2.20. The standard InChI is InChI=1S/C48H56Br2N2/c1-31-27-37(47(5,6)7)28-32(2)45(31)51(43-23-15-39(49)16-24-43)41-19-11-35(12-20-41)36-13-21-42(22-14-36)52(44-25-17-40(50)18-26-44)46-33(3)29-38(30-34(46)4)48(8,9)10/h11-12,15-19,21,23-30,36,41H,13-14,20,22H2,1-10H3. The average Bonchev–Trinajstić information content (AvgIpc) is 3.08. The lowest BCUT2D eigenvalue weighted by Gasteiger charge is -2.37. The van der Waals surface area contributed by atoms with Crippen LogP contribution in [0.2, 0.25) is 0 Å². The summed E-state index contributed by atoms with van der Waals surface area (Å²) in [7, 11) is 0. The van der Waals surface area contributed by atoms with E-state index in [2.05, 4.69) is 208 Å². The van der Waals surface area contributed by atoms with Gasteiger partial charge in [-0.05, 0) is 158 Å². The lowest BCUT2D eigenvalue weighted by atomic mass is 9.82. The van der Waals surface area contributed by atoms with Gasteiger partial charge in [0.25, 0.3) is 0 Å². The predicted octanol–water partition coefficient (Wildman–Crippen LogP) is 15.0. The van der Waals surface area contributed by atoms with Crippen LogP contribution in [0.1, 0.15) is 101 Å². The van der Waals surface area contributed by atoms with Crippen LogP contribution < -0.4 is 9.80 Å². The van der Waals surface area contributed by atoms with Crippen molar-refractivity contribution in [3.63, 3.8) is 0 Å². The van der Waals surface area contributed by atoms with Crippen molar-refractivity contribution in [2.75, 3.05) is 9.80 Å². The highest BCUT2D eigenvalue weighted by molar-refractivity contribution is 9.10. The second-order valence-corrected chi connectivity index (χ2v) is 18.9. The molecule has 2 unspecified atom stereocenters. The molecule has 0 fully saturated rings. The van der Waals surface area contributed by atoms with Crippen molar-refractivity contribution in [3.8, 4) is 0 Å². The van der Waals surface area contributed by atoms with E-state index in [0.29, 0.717) is 5.92 Å². The summed E-state index contributed by atoms with van der Waals surface area (Å²) in [5.41, 5.74) is 16.3. The number of hydrogen-bond acceptors (Lipinski definition) is 2. The number of anilines is 4. The molecule has 0 aliphatic heterocycles. The van der Waals surface area contributed by atoms with E-state index < -0.39 is 0 Å². The molecule has 272 valence electrons. The molecule has 6 rings (SSSR count). The van der Waals surface area contributed by atoms with Gasteiger partial charge in [-0.3, -0.25) is 0 Å². The van der Waals surface area contributed by atoms with Crippen LogP contribution in [-0.2, 0) is 10.8 Å². The van der Waals surface area contributed by atoms with E-state index in [1.54, 1.807) is 0 Å². The average molecular weight is 821 g/mol. The van der Waals surface area contributed by atoms with Crippen molar-refractivity contribution >= 4 is 54.6 Å². The van der Waals surface area contributed by atoms with Gasteiger partial charge >= 0.3 is 0 Å². The summed E-state index contributed by atoms with van der Waals surface area (Å²) >= 11 is 7.33. The third-order valence-electron chi connectivity index (χ3n) is 11.0. The summed E-state index contributed by atoms with van der Waals surface area (Å²) in [5.74, 6) is 0.522. The van der Waals surface area contributed by atoms with Crippen LogP contribution in [-0.4, -0.2) is 6.04 Å². The second kappa shape index (κ2) is 15.2. The molecule has 0 saturated carbocycles. The Morgan fingerprint density at radius 3 is 1.50 bits per heavy atom. The van der Waals surface area contributed by atoms with E-state index in [-0.39, 0.29) is 16.9 Å². The monoisotopic (exact) mass is 818 g/mol. The molecule has 2 nitrogen and oxygen atoms in total. The molecule has 4 heteroatoms. The van der Waals surface area contributed by atoms with Crippen molar-refractivity contribution in [2.45, 2.75) is 112 Å². The molecular formula is C48H56Br2N2. The van der Waals surface area contributed by atoms with E-state index in [1.165, 1.54) is 67.4 Å². The highest BCUT2D eigenvalue weighted by Crippen LogP contribution is 2.44. The lowest BCUT2D eigenvalue weighted by Crippen LogP contribution is -2.32. The summed E-state index contributed by atoms with van der Waals surface area (Å²) in [6.07, 6.45) is 14.2. The van der Waals surface area contributed by atoms with Crippen molar-refractivity contribution in [3.05, 3.63) is 151 Å². The van der Waals surface area contributed by atoms with E-state index in [4.69, 9.17) is 0 Å². The first kappa shape index (κ1) is 38.4. The predicted molar refractivity (Wildman–Crippen MR) is 233 cm³/mol. The van der Waals surface area contributed by atoms with Crippen LogP contribution in [0.25, 0.3) is 0 Å². The van der Waals surface area contributed by atoms with Gasteiger partial charge in [0.2, 0.25) is 0 Å². The number of aryl methyl sites for hydroxylation is 4. The Morgan fingerprint density at radius 1 is 0.596 bits per heavy atom. The van der Waals surface area contributed by atoms with Gasteiger partial charge in [0.05, 0.1) is 11.7 Å². The van der Waals surface area contributed by atoms with Gasteiger partial charge in [0.1, 0.15) is 0 Å². The maximum Gasteiger partial charge on any atom is 0.0560 e. The van der Waals surface area contributed by atoms with Gasteiger partial charge in [0.15, 0.2) is 0 Å². The van der Waals surface area contributed by atoms with Gasteiger partial charge in [0, 0.05) is 31.7 Å². The molecule has 52 heavy (non-hydrogen) atoms. The van der Waals surface area contributed by atoms with Crippen LogP contribution in [0.3, 0.4) is 0 Å². The first-order chi connectivity index (χ1) is 24.5. The Kier molecular flexibility index (Phi) is 11.2. The molecule has 4 aromatic rings. The topological polar surface area (TPSA) is 6.48 Å². The summed E-state index contributed by atoms with van der Waals surface area (Å²) in [5, 5.41) is 0. The highest BCUT2D eigenvalue weighted by atomic mass is 79.9. The van der Waals surface area contributed by atoms with Gasteiger partial charge in [-0.1, -0.05) is 122 Å². The molecular weight excluding hydrogens is 764 g/mol. The number of halogens is 2. The fourth-order valence-corrected chi connectivity index (χ4v) is 8.60. The third-order valence-corrected chi connectivity index (χ3v) is 12.0. The fraction of sp³-hybridized carbons (Fsp3) is 0.375. The van der Waals surface area contributed by atoms with E-state index in [9.17, 15) is 0 Å². The Hall–Kier alpha value is -3.34. The van der Waals surface area contributed by atoms with E-state index in [0.717, 1.165) is 34.6 Å². The molecule has 2 aliphatic carbocycles. The van der Waals surface area contributed by atoms with Gasteiger partial charge < -0.3 is 9.80 Å². The number of benzene rings is 4. The van der Waals surface area contributed by atoms with Gasteiger partial charge in [-0.2, -0.15) is 0 Å².